The molecular formula is C17H8ClF7N4O3S. The third kappa shape index (κ3) is 5.42. The van der Waals surface area contributed by atoms with E-state index in [0.717, 1.165) is 29.1 Å². The van der Waals surface area contributed by atoms with Crippen LogP contribution in [0.25, 0.3) is 5.69 Å². The molecule has 0 aliphatic rings. The number of hydrogen-bond acceptors (Lipinski definition) is 5. The van der Waals surface area contributed by atoms with Crippen LogP contribution in [0, 0.1) is 5.82 Å². The van der Waals surface area contributed by atoms with Crippen LogP contribution in [0.5, 0.6) is 0 Å². The molecule has 16 heteroatoms. The van der Waals surface area contributed by atoms with Crippen LogP contribution in [-0.2, 0) is 22.4 Å². The number of nitrogens with one attached hydrogen (secondary N) is 1. The van der Waals surface area contributed by atoms with Gasteiger partial charge < -0.3 is 0 Å². The van der Waals surface area contributed by atoms with Crippen LogP contribution < -0.4 is 4.72 Å². The number of alkyl halides is 6. The molecule has 0 atom stereocenters. The molecular weight excluding hydrogens is 509 g/mol. The Balaban J connectivity index is 1.94. The Morgan fingerprint density at radius 1 is 0.970 bits per heavy atom. The Kier molecular flexibility index (Phi) is 6.14. The van der Waals surface area contributed by atoms with Crippen molar-refractivity contribution in [2.24, 2.45) is 0 Å². The fourth-order valence-corrected chi connectivity index (χ4v) is 3.75. The number of carbonyl (C=O) groups is 1. The number of hydrogen-bond donors (Lipinski definition) is 1. The first kappa shape index (κ1) is 24.4. The van der Waals surface area contributed by atoms with Gasteiger partial charge in [-0.2, -0.15) is 26.3 Å². The van der Waals surface area contributed by atoms with E-state index in [2.05, 4.69) is 10.3 Å². The standard InChI is InChI=1S/C17H8ClF7N4O3S/c18-12-6-10(19)1-2-14(12)29-7-13(26-28-29)15(30)27-33(31,32)11-4-8(16(20,21)22)3-9(5-11)17(23,24)25/h1-7H,(H,27,30). The van der Waals surface area contributed by atoms with E-state index in [1.807, 2.05) is 0 Å². The van der Waals surface area contributed by atoms with Gasteiger partial charge in [-0.05, 0) is 36.4 Å². The Hall–Kier alpha value is -3.20. The summed E-state index contributed by atoms with van der Waals surface area (Å²) in [5, 5.41) is 6.72. The summed E-state index contributed by atoms with van der Waals surface area (Å²) in [7, 11) is -5.19. The van der Waals surface area contributed by atoms with E-state index < -0.39 is 55.8 Å². The Labute approximate surface area is 184 Å². The summed E-state index contributed by atoms with van der Waals surface area (Å²) in [6.07, 6.45) is -9.74. The highest BCUT2D eigenvalue weighted by atomic mass is 35.5. The number of halogens is 8. The van der Waals surface area contributed by atoms with Crippen molar-refractivity contribution in [1.82, 2.24) is 19.7 Å². The van der Waals surface area contributed by atoms with Crippen molar-refractivity contribution in [2.75, 3.05) is 0 Å². The lowest BCUT2D eigenvalue weighted by molar-refractivity contribution is -0.143. The molecule has 3 aromatic rings. The van der Waals surface area contributed by atoms with E-state index in [1.165, 1.54) is 4.72 Å². The van der Waals surface area contributed by atoms with E-state index in [-0.39, 0.29) is 28.9 Å². The maximum atomic E-state index is 13.1. The second-order valence-corrected chi connectivity index (χ2v) is 8.41. The van der Waals surface area contributed by atoms with Gasteiger partial charge in [-0.15, -0.1) is 5.10 Å². The van der Waals surface area contributed by atoms with Crippen molar-refractivity contribution in [2.45, 2.75) is 17.2 Å². The minimum Gasteiger partial charge on any atom is -0.266 e. The summed E-state index contributed by atoms with van der Waals surface area (Å²) in [5.74, 6) is -2.20. The zero-order chi connectivity index (χ0) is 24.8. The molecule has 176 valence electrons. The lowest BCUT2D eigenvalue weighted by Crippen LogP contribution is -2.31. The van der Waals surface area contributed by atoms with Gasteiger partial charge in [0, 0.05) is 0 Å². The maximum Gasteiger partial charge on any atom is 0.416 e. The topological polar surface area (TPSA) is 94.0 Å². The molecule has 2 aromatic carbocycles. The Bertz CT molecular complexity index is 1300. The smallest absolute Gasteiger partial charge is 0.266 e. The first-order chi connectivity index (χ1) is 15.1. The fraction of sp³-hybridized carbons (Fsp3) is 0.118. The molecule has 0 saturated heterocycles. The zero-order valence-electron chi connectivity index (χ0n) is 15.5. The number of benzene rings is 2. The van der Waals surface area contributed by atoms with Gasteiger partial charge in [0.05, 0.1) is 32.9 Å². The third-order valence-corrected chi connectivity index (χ3v) is 5.59. The monoisotopic (exact) mass is 516 g/mol. The first-order valence-electron chi connectivity index (χ1n) is 8.32. The summed E-state index contributed by atoms with van der Waals surface area (Å²) >= 11 is 5.83. The number of sulfonamides is 1. The quantitative estimate of drug-likeness (QED) is 0.524. The molecule has 0 spiro atoms. The highest BCUT2D eigenvalue weighted by Gasteiger charge is 2.38. The van der Waals surface area contributed by atoms with Gasteiger partial charge in [0.25, 0.3) is 15.9 Å². The average molecular weight is 517 g/mol. The lowest BCUT2D eigenvalue weighted by Gasteiger charge is -2.14. The van der Waals surface area contributed by atoms with Crippen LogP contribution in [-0.4, -0.2) is 29.3 Å². The fourth-order valence-electron chi connectivity index (χ4n) is 2.47. The van der Waals surface area contributed by atoms with Crippen molar-refractivity contribution < 1.29 is 43.9 Å². The molecule has 1 N–H and O–H groups in total. The van der Waals surface area contributed by atoms with Crippen molar-refractivity contribution in [3.63, 3.8) is 0 Å². The minimum atomic E-state index is -5.30. The minimum absolute atomic E-state index is 0.0418. The number of rotatable bonds is 4. The zero-order valence-corrected chi connectivity index (χ0v) is 17.1. The van der Waals surface area contributed by atoms with Gasteiger partial charge in [0.1, 0.15) is 5.82 Å². The summed E-state index contributed by atoms with van der Waals surface area (Å²) in [4.78, 5) is 10.8. The van der Waals surface area contributed by atoms with Crippen molar-refractivity contribution in [1.29, 1.82) is 0 Å². The van der Waals surface area contributed by atoms with E-state index in [9.17, 15) is 43.9 Å². The molecule has 3 rings (SSSR count). The van der Waals surface area contributed by atoms with Crippen LogP contribution in [0.4, 0.5) is 30.7 Å². The largest absolute Gasteiger partial charge is 0.416 e. The van der Waals surface area contributed by atoms with Gasteiger partial charge in [-0.25, -0.2) is 22.2 Å². The molecule has 0 aliphatic heterocycles. The van der Waals surface area contributed by atoms with Crippen molar-refractivity contribution >= 4 is 27.5 Å². The molecule has 7 nitrogen and oxygen atoms in total. The van der Waals surface area contributed by atoms with Gasteiger partial charge in [0.2, 0.25) is 0 Å². The van der Waals surface area contributed by atoms with Crippen LogP contribution in [0.3, 0.4) is 0 Å². The molecule has 0 bridgehead atoms. The highest BCUT2D eigenvalue weighted by Crippen LogP contribution is 2.37. The third-order valence-electron chi connectivity index (χ3n) is 3.98. The van der Waals surface area contributed by atoms with Crippen molar-refractivity contribution in [3.05, 3.63) is 70.3 Å². The van der Waals surface area contributed by atoms with Crippen molar-refractivity contribution in [3.8, 4) is 5.69 Å². The Morgan fingerprint density at radius 3 is 2.06 bits per heavy atom. The number of nitrogens with zero attached hydrogens (tertiary/aromatic N) is 3. The first-order valence-corrected chi connectivity index (χ1v) is 10.2. The predicted octanol–water partition coefficient (Wildman–Crippen LogP) is 4.22. The van der Waals surface area contributed by atoms with E-state index in [0.29, 0.717) is 0 Å². The van der Waals surface area contributed by atoms with E-state index in [1.54, 1.807) is 0 Å². The lowest BCUT2D eigenvalue weighted by atomic mass is 10.1. The molecule has 0 aliphatic carbocycles. The summed E-state index contributed by atoms with van der Waals surface area (Å²) in [6, 6.07) is 2.69. The molecule has 0 unspecified atom stereocenters. The predicted molar refractivity (Wildman–Crippen MR) is 97.4 cm³/mol. The molecule has 0 fully saturated rings. The normalized spacial score (nSPS) is 12.6. The molecule has 0 saturated carbocycles. The molecule has 1 aromatic heterocycles. The molecule has 1 amide bonds. The highest BCUT2D eigenvalue weighted by molar-refractivity contribution is 7.90. The summed E-state index contributed by atoms with van der Waals surface area (Å²) in [5.41, 5.74) is -4.41. The second kappa shape index (κ2) is 8.30. The number of amides is 1. The van der Waals surface area contributed by atoms with E-state index >= 15 is 0 Å². The van der Waals surface area contributed by atoms with Crippen LogP contribution in [0.2, 0.25) is 5.02 Å². The van der Waals surface area contributed by atoms with Crippen LogP contribution in [0.15, 0.2) is 47.5 Å². The van der Waals surface area contributed by atoms with Gasteiger partial charge in [-0.1, -0.05) is 16.8 Å². The summed E-state index contributed by atoms with van der Waals surface area (Å²) in [6.45, 7) is 0. The maximum absolute atomic E-state index is 13.1. The van der Waals surface area contributed by atoms with Crippen LogP contribution in [0.1, 0.15) is 21.6 Å². The number of aromatic nitrogens is 3. The molecule has 1 heterocycles. The van der Waals surface area contributed by atoms with Crippen LogP contribution >= 0.6 is 11.6 Å². The van der Waals surface area contributed by atoms with E-state index in [4.69, 9.17) is 11.6 Å². The molecule has 33 heavy (non-hydrogen) atoms. The SMILES string of the molecule is O=C(NS(=O)(=O)c1cc(C(F)(F)F)cc(C(F)(F)F)c1)c1cn(-c2ccc(F)cc2Cl)nn1. The van der Waals surface area contributed by atoms with Gasteiger partial charge >= 0.3 is 12.4 Å². The summed E-state index contributed by atoms with van der Waals surface area (Å²) < 4.78 is 118. The average Bonchev–Trinajstić information content (AvgIpc) is 3.16. The second-order valence-electron chi connectivity index (χ2n) is 6.32. The Morgan fingerprint density at radius 2 is 1.55 bits per heavy atom. The van der Waals surface area contributed by atoms with Gasteiger partial charge in [0.15, 0.2) is 5.69 Å². The van der Waals surface area contributed by atoms with Gasteiger partial charge in [-0.3, -0.25) is 4.79 Å². The molecule has 0 radical (unpaired) electrons. The number of carbonyl (C=O) groups excluding carboxylic acids is 1.